The Morgan fingerprint density at radius 1 is 1.33 bits per heavy atom. The van der Waals surface area contributed by atoms with Gasteiger partial charge in [0.05, 0.1) is 9.21 Å². The predicted octanol–water partition coefficient (Wildman–Crippen LogP) is 3.34. The molecule has 1 amide bonds. The third-order valence-corrected chi connectivity index (χ3v) is 5.56. The average Bonchev–Trinajstić information content (AvgIpc) is 2.88. The smallest absolute Gasteiger partial charge is 0.279 e. The van der Waals surface area contributed by atoms with Crippen LogP contribution in [-0.4, -0.2) is 17.1 Å². The van der Waals surface area contributed by atoms with E-state index in [9.17, 15) is 4.79 Å². The number of thiophene rings is 1. The molecular weight excluding hydrogens is 326 g/mol. The van der Waals surface area contributed by atoms with Crippen LogP contribution in [0.25, 0.3) is 0 Å². The molecule has 0 radical (unpaired) electrons. The first-order chi connectivity index (χ1) is 9.97. The summed E-state index contributed by atoms with van der Waals surface area (Å²) in [6, 6.07) is 3.75. The van der Waals surface area contributed by atoms with Gasteiger partial charge in [-0.15, -0.1) is 11.3 Å². The average molecular weight is 346 g/mol. The van der Waals surface area contributed by atoms with Gasteiger partial charge in [-0.3, -0.25) is 15.6 Å². The fourth-order valence-electron chi connectivity index (χ4n) is 2.60. The van der Waals surface area contributed by atoms with Gasteiger partial charge >= 0.3 is 0 Å². The molecule has 0 aliphatic heterocycles. The van der Waals surface area contributed by atoms with Gasteiger partial charge in [0.25, 0.3) is 5.91 Å². The van der Waals surface area contributed by atoms with Crippen molar-refractivity contribution in [2.45, 2.75) is 39.2 Å². The van der Waals surface area contributed by atoms with E-state index in [1.54, 1.807) is 12.1 Å². The molecule has 1 aromatic heterocycles. The van der Waals surface area contributed by atoms with Crippen LogP contribution in [0.4, 0.5) is 0 Å². The van der Waals surface area contributed by atoms with Crippen LogP contribution in [-0.2, 0) is 0 Å². The van der Waals surface area contributed by atoms with Crippen molar-refractivity contribution >= 4 is 46.2 Å². The molecule has 2 rings (SSSR count). The lowest BCUT2D eigenvalue weighted by atomic mass is 9.78. The normalized spacial score (nSPS) is 25.2. The minimum atomic E-state index is -0.235. The summed E-state index contributed by atoms with van der Waals surface area (Å²) in [6.45, 7) is 4.52. The van der Waals surface area contributed by atoms with Gasteiger partial charge in [-0.2, -0.15) is 0 Å². The van der Waals surface area contributed by atoms with Gasteiger partial charge in [0.2, 0.25) is 0 Å². The first kappa shape index (κ1) is 16.5. The summed E-state index contributed by atoms with van der Waals surface area (Å²) in [5.41, 5.74) is 5.34. The minimum absolute atomic E-state index is 0.235. The van der Waals surface area contributed by atoms with E-state index in [2.05, 4.69) is 30.0 Å². The lowest BCUT2D eigenvalue weighted by Gasteiger charge is -2.35. The number of thiocarbonyl (C=S) groups is 1. The summed E-state index contributed by atoms with van der Waals surface area (Å²) < 4.78 is 0.589. The van der Waals surface area contributed by atoms with Crippen molar-refractivity contribution in [1.29, 1.82) is 0 Å². The number of rotatable bonds is 2. The van der Waals surface area contributed by atoms with Crippen LogP contribution in [0.3, 0.4) is 0 Å². The Balaban J connectivity index is 1.78. The zero-order valence-corrected chi connectivity index (χ0v) is 14.5. The highest BCUT2D eigenvalue weighted by Crippen LogP contribution is 2.29. The zero-order valence-electron chi connectivity index (χ0n) is 12.1. The molecule has 1 saturated carbocycles. The van der Waals surface area contributed by atoms with E-state index < -0.39 is 0 Å². The Labute approximate surface area is 139 Å². The molecule has 1 aliphatic carbocycles. The molecule has 1 heterocycles. The van der Waals surface area contributed by atoms with Crippen LogP contribution in [0.5, 0.6) is 0 Å². The third kappa shape index (κ3) is 4.56. The first-order valence-corrected chi connectivity index (χ1v) is 8.70. The van der Waals surface area contributed by atoms with Crippen LogP contribution in [0.15, 0.2) is 12.1 Å². The number of carbonyl (C=O) groups excluding carboxylic acids is 1. The van der Waals surface area contributed by atoms with E-state index in [4.69, 9.17) is 23.8 Å². The molecule has 116 valence electrons. The second kappa shape index (κ2) is 7.42. The highest BCUT2D eigenvalue weighted by atomic mass is 35.5. The van der Waals surface area contributed by atoms with Crippen molar-refractivity contribution in [2.75, 3.05) is 0 Å². The second-order valence-electron chi connectivity index (χ2n) is 5.53. The summed E-state index contributed by atoms with van der Waals surface area (Å²) in [5, 5.41) is 3.75. The Morgan fingerprint density at radius 2 is 2.10 bits per heavy atom. The number of amides is 1. The monoisotopic (exact) mass is 345 g/mol. The fraction of sp³-hybridized carbons (Fsp3) is 0.571. The van der Waals surface area contributed by atoms with Gasteiger partial charge in [-0.05, 0) is 42.6 Å². The molecule has 1 aliphatic rings. The fourth-order valence-corrected chi connectivity index (χ4v) is 3.74. The molecule has 21 heavy (non-hydrogen) atoms. The van der Waals surface area contributed by atoms with Crippen molar-refractivity contribution in [1.82, 2.24) is 16.2 Å². The number of halogens is 1. The third-order valence-electron chi connectivity index (χ3n) is 4.11. The molecular formula is C14H20ClN3OS2. The van der Waals surface area contributed by atoms with E-state index in [1.807, 2.05) is 0 Å². The highest BCUT2D eigenvalue weighted by molar-refractivity contribution is 7.80. The molecule has 3 N–H and O–H groups in total. The van der Waals surface area contributed by atoms with Gasteiger partial charge in [-0.25, -0.2) is 0 Å². The van der Waals surface area contributed by atoms with E-state index in [1.165, 1.54) is 24.2 Å². The SMILES string of the molecule is C[C@@H]1[C@H](C)CCC[C@H]1NC(=S)NNC(=O)c1ccc(Cl)s1. The van der Waals surface area contributed by atoms with Crippen molar-refractivity contribution in [3.63, 3.8) is 0 Å². The molecule has 7 heteroatoms. The summed E-state index contributed by atoms with van der Waals surface area (Å²) >= 11 is 12.3. The van der Waals surface area contributed by atoms with E-state index in [-0.39, 0.29) is 5.91 Å². The quantitative estimate of drug-likeness (QED) is 0.568. The largest absolute Gasteiger partial charge is 0.358 e. The number of hydrogen-bond donors (Lipinski definition) is 3. The molecule has 1 aromatic rings. The number of nitrogens with one attached hydrogen (secondary N) is 3. The van der Waals surface area contributed by atoms with Crippen LogP contribution in [0.2, 0.25) is 4.34 Å². The molecule has 0 aromatic carbocycles. The van der Waals surface area contributed by atoms with Gasteiger partial charge < -0.3 is 5.32 Å². The molecule has 3 atom stereocenters. The van der Waals surface area contributed by atoms with Gasteiger partial charge in [0.15, 0.2) is 5.11 Å². The Hall–Kier alpha value is -0.850. The van der Waals surface area contributed by atoms with Crippen molar-refractivity contribution in [2.24, 2.45) is 11.8 Å². The maximum Gasteiger partial charge on any atom is 0.279 e. The number of hydrogen-bond acceptors (Lipinski definition) is 3. The Bertz CT molecular complexity index is 520. The molecule has 0 saturated heterocycles. The minimum Gasteiger partial charge on any atom is -0.358 e. The van der Waals surface area contributed by atoms with Crippen LogP contribution >= 0.6 is 35.2 Å². The topological polar surface area (TPSA) is 53.2 Å². The molecule has 4 nitrogen and oxygen atoms in total. The van der Waals surface area contributed by atoms with Crippen LogP contribution in [0.1, 0.15) is 42.8 Å². The van der Waals surface area contributed by atoms with Crippen LogP contribution < -0.4 is 16.2 Å². The summed E-state index contributed by atoms with van der Waals surface area (Å²) in [6.07, 6.45) is 3.60. The number of carbonyl (C=O) groups is 1. The van der Waals surface area contributed by atoms with E-state index in [0.717, 1.165) is 6.42 Å². The molecule has 1 fully saturated rings. The first-order valence-electron chi connectivity index (χ1n) is 7.09. The predicted molar refractivity (Wildman–Crippen MR) is 91.6 cm³/mol. The number of hydrazine groups is 1. The maximum atomic E-state index is 11.9. The van der Waals surface area contributed by atoms with Crippen molar-refractivity contribution in [3.8, 4) is 0 Å². The van der Waals surface area contributed by atoms with Gasteiger partial charge in [0.1, 0.15) is 0 Å². The molecule has 0 bridgehead atoms. The maximum absolute atomic E-state index is 11.9. The summed E-state index contributed by atoms with van der Waals surface area (Å²) in [5.74, 6) is 1.04. The van der Waals surface area contributed by atoms with E-state index in [0.29, 0.717) is 32.2 Å². The molecule has 0 unspecified atom stereocenters. The lowest BCUT2D eigenvalue weighted by Crippen LogP contribution is -2.52. The van der Waals surface area contributed by atoms with E-state index >= 15 is 0 Å². The van der Waals surface area contributed by atoms with Crippen LogP contribution in [0, 0.1) is 11.8 Å². The van der Waals surface area contributed by atoms with Gasteiger partial charge in [0, 0.05) is 6.04 Å². The second-order valence-corrected chi connectivity index (χ2v) is 7.65. The lowest BCUT2D eigenvalue weighted by molar-refractivity contribution is 0.0947. The molecule has 0 spiro atoms. The van der Waals surface area contributed by atoms with Crippen molar-refractivity contribution in [3.05, 3.63) is 21.3 Å². The standard InChI is InChI=1S/C14H20ClN3OS2/c1-8-4-3-5-10(9(8)2)16-14(20)18-17-13(19)11-6-7-12(15)21-11/h6-10H,3-5H2,1-2H3,(H,17,19)(H2,16,18,20)/t8-,9-,10-/m1/s1. The summed E-state index contributed by atoms with van der Waals surface area (Å²) in [7, 11) is 0. The highest BCUT2D eigenvalue weighted by Gasteiger charge is 2.27. The zero-order chi connectivity index (χ0) is 15.4. The summed E-state index contributed by atoms with van der Waals surface area (Å²) in [4.78, 5) is 12.4. The Kier molecular flexibility index (Phi) is 5.84. The van der Waals surface area contributed by atoms with Gasteiger partial charge in [-0.1, -0.05) is 38.3 Å². The Morgan fingerprint density at radius 3 is 2.76 bits per heavy atom. The van der Waals surface area contributed by atoms with Crippen molar-refractivity contribution < 1.29 is 4.79 Å².